The van der Waals surface area contributed by atoms with E-state index in [1.807, 2.05) is 6.07 Å². The lowest BCUT2D eigenvalue weighted by Crippen LogP contribution is -2.47. The lowest BCUT2D eigenvalue weighted by Gasteiger charge is -2.15. The average molecular weight is 341 g/mol. The molecule has 7 nitrogen and oxygen atoms in total. The molecule has 3 amide bonds. The zero-order valence-corrected chi connectivity index (χ0v) is 13.9. The van der Waals surface area contributed by atoms with Crippen LogP contribution in [0.15, 0.2) is 54.6 Å². The van der Waals surface area contributed by atoms with Gasteiger partial charge in [0.25, 0.3) is 11.8 Å². The number of nitrogens with one attached hydrogen (secondary N) is 3. The Kier molecular flexibility index (Phi) is 6.11. The highest BCUT2D eigenvalue weighted by atomic mass is 16.5. The Hall–Kier alpha value is -3.35. The van der Waals surface area contributed by atoms with E-state index < -0.39 is 17.9 Å². The van der Waals surface area contributed by atoms with Gasteiger partial charge in [-0.1, -0.05) is 18.2 Å². The second kappa shape index (κ2) is 8.49. The first-order valence-electron chi connectivity index (χ1n) is 7.65. The quantitative estimate of drug-likeness (QED) is 0.723. The molecule has 1 atom stereocenters. The molecule has 0 bridgehead atoms. The van der Waals surface area contributed by atoms with Crippen LogP contribution in [0.25, 0.3) is 0 Å². The second-order valence-electron chi connectivity index (χ2n) is 5.28. The number of amides is 3. The molecule has 2 rings (SSSR count). The van der Waals surface area contributed by atoms with Crippen LogP contribution < -0.4 is 20.9 Å². The maximum absolute atomic E-state index is 12.0. The molecule has 0 fully saturated rings. The zero-order valence-electron chi connectivity index (χ0n) is 13.9. The number of para-hydroxylation sites is 1. The van der Waals surface area contributed by atoms with E-state index in [-0.39, 0.29) is 5.91 Å². The lowest BCUT2D eigenvalue weighted by molar-refractivity contribution is -0.128. The van der Waals surface area contributed by atoms with Gasteiger partial charge in [0.1, 0.15) is 5.75 Å². The molecule has 0 spiro atoms. The maximum Gasteiger partial charge on any atom is 0.279 e. The molecular weight excluding hydrogens is 322 g/mol. The van der Waals surface area contributed by atoms with Crippen molar-refractivity contribution in [3.05, 3.63) is 60.2 Å². The third-order valence-corrected chi connectivity index (χ3v) is 3.19. The number of carbonyl (C=O) groups excluding carboxylic acids is 3. The van der Waals surface area contributed by atoms with Gasteiger partial charge in [-0.3, -0.25) is 25.2 Å². The molecule has 3 N–H and O–H groups in total. The van der Waals surface area contributed by atoms with E-state index in [2.05, 4.69) is 16.2 Å². The van der Waals surface area contributed by atoms with E-state index in [4.69, 9.17) is 4.74 Å². The van der Waals surface area contributed by atoms with Crippen molar-refractivity contribution in [1.82, 2.24) is 10.9 Å². The van der Waals surface area contributed by atoms with Gasteiger partial charge in [-0.25, -0.2) is 0 Å². The molecule has 0 aliphatic heterocycles. The minimum absolute atomic E-state index is 0.197. The normalized spacial score (nSPS) is 11.1. The van der Waals surface area contributed by atoms with E-state index >= 15 is 0 Å². The van der Waals surface area contributed by atoms with Crippen LogP contribution in [0, 0.1) is 0 Å². The summed E-state index contributed by atoms with van der Waals surface area (Å²) in [5.41, 5.74) is 5.55. The van der Waals surface area contributed by atoms with Crippen molar-refractivity contribution in [2.24, 2.45) is 0 Å². The molecule has 0 saturated carbocycles. The van der Waals surface area contributed by atoms with Crippen molar-refractivity contribution < 1.29 is 19.1 Å². The zero-order chi connectivity index (χ0) is 18.2. The first kappa shape index (κ1) is 18.0. The SMILES string of the molecule is CC(=O)Nc1ccc(C(=O)NNC(=O)C(C)Oc2ccccc2)cc1. The van der Waals surface area contributed by atoms with E-state index in [9.17, 15) is 14.4 Å². The Balaban J connectivity index is 1.84. The summed E-state index contributed by atoms with van der Waals surface area (Å²) in [6.45, 7) is 2.98. The van der Waals surface area contributed by atoms with Gasteiger partial charge < -0.3 is 10.1 Å². The summed E-state index contributed by atoms with van der Waals surface area (Å²) in [4.78, 5) is 34.9. The Labute approximate surface area is 145 Å². The monoisotopic (exact) mass is 341 g/mol. The van der Waals surface area contributed by atoms with Crippen LogP contribution in [0.2, 0.25) is 0 Å². The summed E-state index contributed by atoms with van der Waals surface area (Å²) in [6.07, 6.45) is -0.773. The van der Waals surface area contributed by atoms with Gasteiger partial charge in [-0.15, -0.1) is 0 Å². The molecule has 1 unspecified atom stereocenters. The number of anilines is 1. The highest BCUT2D eigenvalue weighted by molar-refractivity contribution is 5.96. The number of hydrazine groups is 1. The van der Waals surface area contributed by atoms with Crippen molar-refractivity contribution in [2.45, 2.75) is 20.0 Å². The van der Waals surface area contributed by atoms with E-state index in [1.54, 1.807) is 43.3 Å². The number of hydrogen-bond acceptors (Lipinski definition) is 4. The molecule has 130 valence electrons. The Morgan fingerprint density at radius 3 is 2.16 bits per heavy atom. The van der Waals surface area contributed by atoms with Crippen LogP contribution in [-0.2, 0) is 9.59 Å². The largest absolute Gasteiger partial charge is 0.481 e. The summed E-state index contributed by atoms with van der Waals surface area (Å²) >= 11 is 0. The molecule has 7 heteroatoms. The average Bonchev–Trinajstić information content (AvgIpc) is 2.60. The minimum Gasteiger partial charge on any atom is -0.481 e. The Morgan fingerprint density at radius 1 is 0.920 bits per heavy atom. The number of hydrogen-bond donors (Lipinski definition) is 3. The molecular formula is C18H19N3O4. The van der Waals surface area contributed by atoms with Gasteiger partial charge >= 0.3 is 0 Å². The summed E-state index contributed by atoms with van der Waals surface area (Å²) in [6, 6.07) is 15.2. The van der Waals surface area contributed by atoms with Gasteiger partial charge in [0.15, 0.2) is 6.10 Å². The molecule has 2 aromatic carbocycles. The van der Waals surface area contributed by atoms with Gasteiger partial charge in [0.05, 0.1) is 0 Å². The topological polar surface area (TPSA) is 96.5 Å². The van der Waals surface area contributed by atoms with Gasteiger partial charge in [0.2, 0.25) is 5.91 Å². The van der Waals surface area contributed by atoms with Crippen molar-refractivity contribution in [3.8, 4) is 5.75 Å². The van der Waals surface area contributed by atoms with Gasteiger partial charge in [0, 0.05) is 18.2 Å². The fourth-order valence-corrected chi connectivity index (χ4v) is 1.96. The molecule has 0 saturated heterocycles. The van der Waals surface area contributed by atoms with Crippen LogP contribution in [-0.4, -0.2) is 23.8 Å². The molecule has 0 aliphatic rings. The number of carbonyl (C=O) groups is 3. The van der Waals surface area contributed by atoms with Gasteiger partial charge in [-0.05, 0) is 43.3 Å². The summed E-state index contributed by atoms with van der Waals surface area (Å²) in [7, 11) is 0. The molecule has 0 aliphatic carbocycles. The number of benzene rings is 2. The van der Waals surface area contributed by atoms with Gasteiger partial charge in [-0.2, -0.15) is 0 Å². The van der Waals surface area contributed by atoms with E-state index in [0.717, 1.165) is 0 Å². The van der Waals surface area contributed by atoms with Crippen molar-refractivity contribution in [1.29, 1.82) is 0 Å². The van der Waals surface area contributed by atoms with E-state index in [1.165, 1.54) is 19.1 Å². The lowest BCUT2D eigenvalue weighted by atomic mass is 10.2. The fraction of sp³-hybridized carbons (Fsp3) is 0.167. The number of rotatable bonds is 5. The predicted molar refractivity (Wildman–Crippen MR) is 92.9 cm³/mol. The maximum atomic E-state index is 12.0. The Morgan fingerprint density at radius 2 is 1.56 bits per heavy atom. The van der Waals surface area contributed by atoms with Crippen molar-refractivity contribution in [3.63, 3.8) is 0 Å². The summed E-state index contributed by atoms with van der Waals surface area (Å²) < 4.78 is 5.46. The summed E-state index contributed by atoms with van der Waals surface area (Å²) in [5.74, 6) is -0.594. The molecule has 0 aromatic heterocycles. The van der Waals surface area contributed by atoms with Crippen molar-refractivity contribution >= 4 is 23.4 Å². The van der Waals surface area contributed by atoms with Crippen LogP contribution in [0.5, 0.6) is 5.75 Å². The minimum atomic E-state index is -0.773. The highest BCUT2D eigenvalue weighted by Crippen LogP contribution is 2.11. The highest BCUT2D eigenvalue weighted by Gasteiger charge is 2.15. The third kappa shape index (κ3) is 5.65. The van der Waals surface area contributed by atoms with Crippen LogP contribution in [0.4, 0.5) is 5.69 Å². The fourth-order valence-electron chi connectivity index (χ4n) is 1.96. The Bertz CT molecular complexity index is 745. The predicted octanol–water partition coefficient (Wildman–Crippen LogP) is 1.87. The van der Waals surface area contributed by atoms with Crippen LogP contribution >= 0.6 is 0 Å². The first-order valence-corrected chi connectivity index (χ1v) is 7.65. The second-order valence-corrected chi connectivity index (χ2v) is 5.28. The number of ether oxygens (including phenoxy) is 1. The smallest absolute Gasteiger partial charge is 0.279 e. The van der Waals surface area contributed by atoms with Crippen molar-refractivity contribution in [2.75, 3.05) is 5.32 Å². The third-order valence-electron chi connectivity index (χ3n) is 3.19. The molecule has 25 heavy (non-hydrogen) atoms. The first-order chi connectivity index (χ1) is 12.0. The molecule has 0 heterocycles. The van der Waals surface area contributed by atoms with Crippen LogP contribution in [0.1, 0.15) is 24.2 Å². The molecule has 2 aromatic rings. The standard InChI is InChI=1S/C18H19N3O4/c1-12(25-16-6-4-3-5-7-16)17(23)20-21-18(24)14-8-10-15(11-9-14)19-13(2)22/h3-12H,1-2H3,(H,19,22)(H,20,23)(H,21,24). The summed E-state index contributed by atoms with van der Waals surface area (Å²) in [5, 5.41) is 2.60. The molecule has 0 radical (unpaired) electrons. The van der Waals surface area contributed by atoms with Crippen LogP contribution in [0.3, 0.4) is 0 Å². The van der Waals surface area contributed by atoms with E-state index in [0.29, 0.717) is 17.0 Å².